The highest BCUT2D eigenvalue weighted by Gasteiger charge is 2.17. The van der Waals surface area contributed by atoms with Crippen molar-refractivity contribution in [2.24, 2.45) is 5.92 Å². The van der Waals surface area contributed by atoms with Crippen molar-refractivity contribution in [2.75, 3.05) is 33.2 Å². The Balaban J connectivity index is 1.77. The molecule has 1 aliphatic rings. The number of halogens is 2. The van der Waals surface area contributed by atoms with Gasteiger partial charge in [0.15, 0.2) is 11.6 Å². The number of benzene rings is 1. The minimum Gasteiger partial charge on any atom is -0.387 e. The molecule has 1 heterocycles. The van der Waals surface area contributed by atoms with Crippen molar-refractivity contribution >= 4 is 0 Å². The number of piperidine rings is 1. The lowest BCUT2D eigenvalue weighted by atomic mass is 9.98. The molecule has 0 radical (unpaired) electrons. The van der Waals surface area contributed by atoms with Crippen LogP contribution in [0.15, 0.2) is 18.2 Å². The summed E-state index contributed by atoms with van der Waals surface area (Å²) >= 11 is 0. The van der Waals surface area contributed by atoms with Gasteiger partial charge in [-0.15, -0.1) is 0 Å². The molecule has 1 aromatic rings. The van der Waals surface area contributed by atoms with E-state index in [1.807, 2.05) is 0 Å². The average molecular weight is 284 g/mol. The van der Waals surface area contributed by atoms with Crippen molar-refractivity contribution in [1.29, 1.82) is 0 Å². The first-order chi connectivity index (χ1) is 9.56. The second-order valence-electron chi connectivity index (χ2n) is 5.62. The third kappa shape index (κ3) is 4.23. The van der Waals surface area contributed by atoms with Gasteiger partial charge in [-0.05, 0) is 56.6 Å². The van der Waals surface area contributed by atoms with Crippen molar-refractivity contribution in [3.63, 3.8) is 0 Å². The van der Waals surface area contributed by atoms with Gasteiger partial charge in [-0.2, -0.15) is 0 Å². The minimum atomic E-state index is -0.921. The zero-order chi connectivity index (χ0) is 14.5. The lowest BCUT2D eigenvalue weighted by Gasteiger charge is -2.30. The predicted octanol–water partition coefficient (Wildman–Crippen LogP) is 1.93. The molecule has 1 aliphatic heterocycles. The Bertz CT molecular complexity index is 442. The molecule has 5 heteroatoms. The first kappa shape index (κ1) is 15.4. The van der Waals surface area contributed by atoms with E-state index in [-0.39, 0.29) is 0 Å². The Morgan fingerprint density at radius 1 is 1.40 bits per heavy atom. The molecule has 2 atom stereocenters. The lowest BCUT2D eigenvalue weighted by Crippen LogP contribution is -2.38. The third-order valence-corrected chi connectivity index (χ3v) is 3.82. The number of aliphatic hydroxyl groups is 1. The van der Waals surface area contributed by atoms with Crippen LogP contribution in [0, 0.1) is 17.6 Å². The molecule has 0 spiro atoms. The summed E-state index contributed by atoms with van der Waals surface area (Å²) in [6.45, 7) is 3.40. The largest absolute Gasteiger partial charge is 0.387 e. The molecular formula is C15H22F2N2O. The second kappa shape index (κ2) is 7.11. The van der Waals surface area contributed by atoms with E-state index in [0.29, 0.717) is 18.0 Å². The van der Waals surface area contributed by atoms with Crippen molar-refractivity contribution in [1.82, 2.24) is 10.2 Å². The molecule has 2 unspecified atom stereocenters. The quantitative estimate of drug-likeness (QED) is 0.867. The maximum Gasteiger partial charge on any atom is 0.159 e. The van der Waals surface area contributed by atoms with E-state index in [2.05, 4.69) is 17.3 Å². The monoisotopic (exact) mass is 284 g/mol. The molecule has 0 aliphatic carbocycles. The fourth-order valence-corrected chi connectivity index (χ4v) is 2.70. The van der Waals surface area contributed by atoms with Gasteiger partial charge in [-0.1, -0.05) is 6.07 Å². The third-order valence-electron chi connectivity index (χ3n) is 3.82. The molecule has 20 heavy (non-hydrogen) atoms. The lowest BCUT2D eigenvalue weighted by molar-refractivity contribution is 0.162. The predicted molar refractivity (Wildman–Crippen MR) is 74.4 cm³/mol. The first-order valence-electron chi connectivity index (χ1n) is 7.08. The molecule has 0 saturated carbocycles. The van der Waals surface area contributed by atoms with E-state index in [1.54, 1.807) is 0 Å². The van der Waals surface area contributed by atoms with Crippen LogP contribution >= 0.6 is 0 Å². The molecule has 1 saturated heterocycles. The highest BCUT2D eigenvalue weighted by Crippen LogP contribution is 2.17. The molecule has 2 N–H and O–H groups in total. The van der Waals surface area contributed by atoms with E-state index in [0.717, 1.165) is 31.8 Å². The molecule has 0 amide bonds. The number of hydrogen-bond acceptors (Lipinski definition) is 3. The van der Waals surface area contributed by atoms with Crippen LogP contribution in [0.3, 0.4) is 0 Å². The summed E-state index contributed by atoms with van der Waals surface area (Å²) < 4.78 is 25.9. The van der Waals surface area contributed by atoms with Crippen LogP contribution in [0.4, 0.5) is 8.78 Å². The van der Waals surface area contributed by atoms with Gasteiger partial charge in [0.2, 0.25) is 0 Å². The topological polar surface area (TPSA) is 35.5 Å². The Morgan fingerprint density at radius 2 is 2.20 bits per heavy atom. The van der Waals surface area contributed by atoms with Gasteiger partial charge in [0.25, 0.3) is 0 Å². The van der Waals surface area contributed by atoms with Gasteiger partial charge in [-0.25, -0.2) is 8.78 Å². The van der Waals surface area contributed by atoms with E-state index in [1.165, 1.54) is 18.9 Å². The maximum atomic E-state index is 13.1. The summed E-state index contributed by atoms with van der Waals surface area (Å²) in [5, 5.41) is 13.2. The number of aliphatic hydroxyl groups excluding tert-OH is 1. The fraction of sp³-hybridized carbons (Fsp3) is 0.600. The van der Waals surface area contributed by atoms with Crippen LogP contribution in [0.5, 0.6) is 0 Å². The van der Waals surface area contributed by atoms with Crippen LogP contribution in [0.1, 0.15) is 24.5 Å². The van der Waals surface area contributed by atoms with Crippen molar-refractivity contribution in [2.45, 2.75) is 18.9 Å². The zero-order valence-electron chi connectivity index (χ0n) is 11.8. The summed E-state index contributed by atoms with van der Waals surface area (Å²) in [6, 6.07) is 3.51. The van der Waals surface area contributed by atoms with Gasteiger partial charge in [0.1, 0.15) is 0 Å². The summed E-state index contributed by atoms with van der Waals surface area (Å²) in [7, 11) is 2.11. The first-order valence-corrected chi connectivity index (χ1v) is 7.08. The van der Waals surface area contributed by atoms with Crippen LogP contribution in [0.25, 0.3) is 0 Å². The number of nitrogens with one attached hydrogen (secondary N) is 1. The molecule has 0 bridgehead atoms. The number of likely N-dealkylation sites (tertiary alicyclic amines) is 1. The summed E-state index contributed by atoms with van der Waals surface area (Å²) in [5.41, 5.74) is 0.400. The average Bonchev–Trinajstić information content (AvgIpc) is 2.42. The van der Waals surface area contributed by atoms with E-state index < -0.39 is 17.7 Å². The summed E-state index contributed by atoms with van der Waals surface area (Å²) in [4.78, 5) is 2.31. The van der Waals surface area contributed by atoms with Crippen molar-refractivity contribution in [3.8, 4) is 0 Å². The van der Waals surface area contributed by atoms with E-state index in [9.17, 15) is 13.9 Å². The molecule has 2 rings (SSSR count). The molecule has 0 aromatic heterocycles. The van der Waals surface area contributed by atoms with Gasteiger partial charge in [0, 0.05) is 13.1 Å². The van der Waals surface area contributed by atoms with Crippen molar-refractivity contribution in [3.05, 3.63) is 35.4 Å². The van der Waals surface area contributed by atoms with Crippen LogP contribution in [-0.4, -0.2) is 43.2 Å². The molecule has 112 valence electrons. The minimum absolute atomic E-state index is 0.352. The standard InChI is InChI=1S/C15H22F2N2O/c1-19-6-2-3-11(10-19)8-18-9-15(20)12-4-5-13(16)14(17)7-12/h4-5,7,11,15,18,20H,2-3,6,8-10H2,1H3. The Hall–Kier alpha value is -1.04. The highest BCUT2D eigenvalue weighted by atomic mass is 19.2. The summed E-state index contributed by atoms with van der Waals surface area (Å²) in [6.07, 6.45) is 1.58. The number of nitrogens with zero attached hydrogens (tertiary/aromatic N) is 1. The normalized spacial score (nSPS) is 21.9. The Labute approximate surface area is 118 Å². The SMILES string of the molecule is CN1CCCC(CNCC(O)c2ccc(F)c(F)c2)C1. The van der Waals surface area contributed by atoms with Crippen LogP contribution in [0.2, 0.25) is 0 Å². The maximum absolute atomic E-state index is 13.1. The van der Waals surface area contributed by atoms with Crippen LogP contribution < -0.4 is 5.32 Å². The van der Waals surface area contributed by atoms with Crippen LogP contribution in [-0.2, 0) is 0 Å². The number of hydrogen-bond donors (Lipinski definition) is 2. The van der Waals surface area contributed by atoms with E-state index in [4.69, 9.17) is 0 Å². The van der Waals surface area contributed by atoms with Gasteiger partial charge >= 0.3 is 0 Å². The smallest absolute Gasteiger partial charge is 0.159 e. The highest BCUT2D eigenvalue weighted by molar-refractivity contribution is 5.20. The molecule has 1 aromatic carbocycles. The summed E-state index contributed by atoms with van der Waals surface area (Å²) in [5.74, 6) is -1.22. The Kier molecular flexibility index (Phi) is 5.46. The Morgan fingerprint density at radius 3 is 2.90 bits per heavy atom. The zero-order valence-corrected chi connectivity index (χ0v) is 11.8. The second-order valence-corrected chi connectivity index (χ2v) is 5.62. The van der Waals surface area contributed by atoms with Gasteiger partial charge in [-0.3, -0.25) is 0 Å². The molecule has 3 nitrogen and oxygen atoms in total. The van der Waals surface area contributed by atoms with Gasteiger partial charge < -0.3 is 15.3 Å². The fourth-order valence-electron chi connectivity index (χ4n) is 2.70. The van der Waals surface area contributed by atoms with Crippen molar-refractivity contribution < 1.29 is 13.9 Å². The van der Waals surface area contributed by atoms with Gasteiger partial charge in [0.05, 0.1) is 6.10 Å². The van der Waals surface area contributed by atoms with E-state index >= 15 is 0 Å². The molecule has 1 fully saturated rings. The number of rotatable bonds is 5. The molecular weight excluding hydrogens is 262 g/mol.